The van der Waals surface area contributed by atoms with Gasteiger partial charge in [-0.1, -0.05) is 0 Å². The molecule has 0 aromatic rings. The normalized spacial score (nSPS) is 11.9. The van der Waals surface area contributed by atoms with Crippen molar-refractivity contribution in [3.63, 3.8) is 0 Å². The summed E-state index contributed by atoms with van der Waals surface area (Å²) < 4.78 is 26.0. The number of rotatable bonds is 8. The number of alkyl halides is 2. The maximum absolute atomic E-state index is 13.0. The molecule has 0 spiro atoms. The molecule has 0 aliphatic carbocycles. The first-order valence-corrected chi connectivity index (χ1v) is 4.45. The number of nitrogens with one attached hydrogen (secondary N) is 2. The van der Waals surface area contributed by atoms with Gasteiger partial charge in [-0.2, -0.15) is 0 Å². The monoisotopic (exact) mass is 295 g/mol. The first-order valence-electron chi connectivity index (χ1n) is 4.45. The molecule has 0 aliphatic heterocycles. The molecule has 0 saturated heterocycles. The maximum atomic E-state index is 13.0. The summed E-state index contributed by atoms with van der Waals surface area (Å²) in [5.74, 6) is -4.27. The van der Waals surface area contributed by atoms with Crippen LogP contribution in [0.3, 0.4) is 0 Å². The highest BCUT2D eigenvalue weighted by Gasteiger charge is 2.29. The molecule has 0 aromatic heterocycles. The molecule has 0 radical (unpaired) electrons. The van der Waals surface area contributed by atoms with Crippen molar-refractivity contribution >= 4 is 37.0 Å². The summed E-state index contributed by atoms with van der Waals surface area (Å²) >= 11 is 0. The third-order valence-electron chi connectivity index (χ3n) is 1.77. The molecular formula is C8H17Cl2F2N3O2. The van der Waals surface area contributed by atoms with Gasteiger partial charge in [0.25, 0.3) is 5.92 Å². The fourth-order valence-electron chi connectivity index (χ4n) is 0.906. The van der Waals surface area contributed by atoms with Gasteiger partial charge in [-0.3, -0.25) is 4.79 Å². The molecule has 17 heavy (non-hydrogen) atoms. The Bertz CT molecular complexity index is 233. The highest BCUT2D eigenvalue weighted by Crippen LogP contribution is 2.19. The lowest BCUT2D eigenvalue weighted by atomic mass is 10.1. The van der Waals surface area contributed by atoms with E-state index in [4.69, 9.17) is 16.2 Å². The summed E-state index contributed by atoms with van der Waals surface area (Å²) in [5.41, 5.74) is 5.09. The van der Waals surface area contributed by atoms with Gasteiger partial charge in [0.05, 0.1) is 6.54 Å². The van der Waals surface area contributed by atoms with Crippen molar-refractivity contribution < 1.29 is 18.7 Å². The number of carboxylic acid groups (broad SMARTS) is 1. The summed E-state index contributed by atoms with van der Waals surface area (Å²) in [6.45, 7) is -0.505. The highest BCUT2D eigenvalue weighted by atomic mass is 35.5. The molecule has 0 unspecified atom stereocenters. The molecule has 0 aliphatic rings. The van der Waals surface area contributed by atoms with Crippen molar-refractivity contribution in [2.75, 3.05) is 13.1 Å². The summed E-state index contributed by atoms with van der Waals surface area (Å²) in [4.78, 5) is 10.3. The lowest BCUT2D eigenvalue weighted by Gasteiger charge is -2.17. The van der Waals surface area contributed by atoms with Gasteiger partial charge in [-0.05, 0) is 6.42 Å². The molecule has 0 rings (SSSR count). The van der Waals surface area contributed by atoms with Gasteiger partial charge in [-0.15, -0.1) is 24.8 Å². The topological polar surface area (TPSA) is 99.2 Å². The van der Waals surface area contributed by atoms with E-state index in [1.807, 2.05) is 0 Å². The molecule has 0 bridgehead atoms. The molecule has 0 fully saturated rings. The van der Waals surface area contributed by atoms with Crippen molar-refractivity contribution in [3.05, 3.63) is 0 Å². The maximum Gasteiger partial charge on any atom is 0.320 e. The zero-order valence-corrected chi connectivity index (χ0v) is 10.6. The Labute approximate surface area is 110 Å². The molecule has 0 heterocycles. The second-order valence-electron chi connectivity index (χ2n) is 3.17. The summed E-state index contributed by atoms with van der Waals surface area (Å²) in [7, 11) is 0. The number of carboxylic acids is 1. The Kier molecular flexibility index (Phi) is 13.6. The number of aliphatic carboxylic acids is 1. The minimum atomic E-state index is -2.99. The van der Waals surface area contributed by atoms with Gasteiger partial charge in [-0.25, -0.2) is 8.78 Å². The molecule has 0 aromatic carbocycles. The van der Waals surface area contributed by atoms with Crippen LogP contribution in [0.2, 0.25) is 0 Å². The third kappa shape index (κ3) is 11.8. The van der Waals surface area contributed by atoms with E-state index >= 15 is 0 Å². The Balaban J connectivity index is -0.000000980. The number of hydrogen-bond donors (Lipinski definition) is 4. The molecule has 5 N–H and O–H groups in total. The molecule has 0 amide bonds. The Morgan fingerprint density at radius 2 is 2.06 bits per heavy atom. The lowest BCUT2D eigenvalue weighted by Crippen LogP contribution is -2.37. The number of halogens is 4. The average Bonchev–Trinajstić information content (AvgIpc) is 2.14. The van der Waals surface area contributed by atoms with Crippen LogP contribution in [0.4, 0.5) is 8.78 Å². The van der Waals surface area contributed by atoms with E-state index in [2.05, 4.69) is 5.32 Å². The molecule has 0 saturated carbocycles. The van der Waals surface area contributed by atoms with Crippen molar-refractivity contribution in [1.82, 2.24) is 5.32 Å². The van der Waals surface area contributed by atoms with E-state index in [9.17, 15) is 13.6 Å². The smallest absolute Gasteiger partial charge is 0.320 e. The van der Waals surface area contributed by atoms with E-state index in [1.165, 1.54) is 0 Å². The second kappa shape index (κ2) is 10.6. The largest absolute Gasteiger partial charge is 0.480 e. The summed E-state index contributed by atoms with van der Waals surface area (Å²) in [6, 6.07) is -1.25. The number of hydrogen-bond acceptors (Lipinski definition) is 4. The third-order valence-corrected chi connectivity index (χ3v) is 1.77. The van der Waals surface area contributed by atoms with Gasteiger partial charge in [0, 0.05) is 19.2 Å². The van der Waals surface area contributed by atoms with Crippen LogP contribution in [0.1, 0.15) is 12.8 Å². The van der Waals surface area contributed by atoms with Gasteiger partial charge < -0.3 is 21.6 Å². The van der Waals surface area contributed by atoms with Gasteiger partial charge in [0.2, 0.25) is 0 Å². The average molecular weight is 296 g/mol. The van der Waals surface area contributed by atoms with Gasteiger partial charge >= 0.3 is 5.97 Å². The quantitative estimate of drug-likeness (QED) is 0.395. The second-order valence-corrected chi connectivity index (χ2v) is 3.17. The van der Waals surface area contributed by atoms with E-state index in [-0.39, 0.29) is 37.8 Å². The first kappa shape index (κ1) is 21.8. The zero-order valence-electron chi connectivity index (χ0n) is 8.99. The Morgan fingerprint density at radius 3 is 2.47 bits per heavy atom. The van der Waals surface area contributed by atoms with Crippen molar-refractivity contribution in [3.8, 4) is 0 Å². The fraction of sp³-hybridized carbons (Fsp3) is 0.750. The first-order chi connectivity index (χ1) is 6.89. The van der Waals surface area contributed by atoms with Crippen molar-refractivity contribution in [2.45, 2.75) is 24.8 Å². The van der Waals surface area contributed by atoms with Crippen LogP contribution in [0.25, 0.3) is 0 Å². The van der Waals surface area contributed by atoms with Crippen molar-refractivity contribution in [2.24, 2.45) is 5.73 Å². The number of nitrogens with two attached hydrogens (primary N) is 1. The molecular weight excluding hydrogens is 279 g/mol. The standard InChI is InChI=1S/C8H15F2N3O2.2ClH/c9-8(10,5-13-4-3-11)2-1-6(12)7(14)15;;/h3,6,11,13H,1-2,4-5,12H2,(H,14,15);2*1H/t6-;;/m0../s1. The SMILES string of the molecule is Cl.Cl.N=CCNCC(F)(F)CC[C@H](N)C(=O)O. The zero-order chi connectivity index (χ0) is 11.9. The molecule has 5 nitrogen and oxygen atoms in total. The van der Waals surface area contributed by atoms with E-state index in [0.29, 0.717) is 0 Å². The van der Waals surface area contributed by atoms with Crippen LogP contribution in [0.15, 0.2) is 0 Å². The summed E-state index contributed by atoms with van der Waals surface area (Å²) in [6.07, 6.45) is 0.124. The fourth-order valence-corrected chi connectivity index (χ4v) is 0.906. The predicted octanol–water partition coefficient (Wildman–Crippen LogP) is 0.897. The highest BCUT2D eigenvalue weighted by molar-refractivity contribution is 5.85. The van der Waals surface area contributed by atoms with Crippen LogP contribution in [-0.2, 0) is 4.79 Å². The minimum absolute atomic E-state index is 0. The summed E-state index contributed by atoms with van der Waals surface area (Å²) in [5, 5.41) is 17.3. The van der Waals surface area contributed by atoms with Crippen LogP contribution in [0.5, 0.6) is 0 Å². The van der Waals surface area contributed by atoms with Crippen LogP contribution < -0.4 is 11.1 Å². The number of carbonyl (C=O) groups is 1. The van der Waals surface area contributed by atoms with E-state index in [0.717, 1.165) is 6.21 Å². The molecule has 9 heteroatoms. The van der Waals surface area contributed by atoms with Crippen molar-refractivity contribution in [1.29, 1.82) is 5.41 Å². The minimum Gasteiger partial charge on any atom is -0.480 e. The predicted molar refractivity (Wildman–Crippen MR) is 65.9 cm³/mol. The van der Waals surface area contributed by atoms with E-state index in [1.54, 1.807) is 0 Å². The molecule has 104 valence electrons. The lowest BCUT2D eigenvalue weighted by molar-refractivity contribution is -0.139. The van der Waals surface area contributed by atoms with Crippen LogP contribution >= 0.6 is 24.8 Å². The van der Waals surface area contributed by atoms with Gasteiger partial charge in [0.1, 0.15) is 6.04 Å². The Hall–Kier alpha value is -0.500. The van der Waals surface area contributed by atoms with E-state index < -0.39 is 30.9 Å². The molecule has 1 atom stereocenters. The van der Waals surface area contributed by atoms with Crippen LogP contribution in [0, 0.1) is 5.41 Å². The van der Waals surface area contributed by atoms with Gasteiger partial charge in [0.15, 0.2) is 0 Å². The Morgan fingerprint density at radius 1 is 1.53 bits per heavy atom. The van der Waals surface area contributed by atoms with Crippen LogP contribution in [-0.4, -0.2) is 42.3 Å².